The molecule has 0 amide bonds. The Labute approximate surface area is 123 Å². The maximum atomic E-state index is 12.2. The number of aliphatic hydroxyl groups is 1. The Morgan fingerprint density at radius 2 is 1.81 bits per heavy atom. The fourth-order valence-corrected chi connectivity index (χ4v) is 3.03. The summed E-state index contributed by atoms with van der Waals surface area (Å²) in [5.41, 5.74) is 1.40. The topological polar surface area (TPSA) is 86.6 Å². The van der Waals surface area contributed by atoms with Crippen LogP contribution in [0.5, 0.6) is 5.75 Å². The van der Waals surface area contributed by atoms with Crippen LogP contribution in [0.25, 0.3) is 0 Å². The molecule has 0 atom stereocenters. The van der Waals surface area contributed by atoms with Crippen molar-refractivity contribution in [2.24, 2.45) is 0 Å². The van der Waals surface area contributed by atoms with Crippen molar-refractivity contribution in [1.29, 1.82) is 0 Å². The predicted octanol–water partition coefficient (Wildman–Crippen LogP) is 2.12. The lowest BCUT2D eigenvalue weighted by Crippen LogP contribution is -2.13. The maximum Gasteiger partial charge on any atom is 0.262 e. The SMILES string of the molecule is O=S(=O)(Nc1cccc(CCCO)c1)c1cccc(O)c1. The Kier molecular flexibility index (Phi) is 4.82. The highest BCUT2D eigenvalue weighted by atomic mass is 32.2. The first-order chi connectivity index (χ1) is 10.0. The third-order valence-electron chi connectivity index (χ3n) is 2.93. The second-order valence-electron chi connectivity index (χ2n) is 4.63. The average Bonchev–Trinajstić information content (AvgIpc) is 2.45. The van der Waals surface area contributed by atoms with Gasteiger partial charge in [-0.3, -0.25) is 4.72 Å². The fraction of sp³-hybridized carbons (Fsp3) is 0.200. The van der Waals surface area contributed by atoms with Crippen molar-refractivity contribution in [1.82, 2.24) is 0 Å². The van der Waals surface area contributed by atoms with Crippen molar-refractivity contribution >= 4 is 15.7 Å². The van der Waals surface area contributed by atoms with E-state index >= 15 is 0 Å². The zero-order valence-corrected chi connectivity index (χ0v) is 12.2. The third kappa shape index (κ3) is 4.21. The second kappa shape index (κ2) is 6.60. The Morgan fingerprint density at radius 3 is 2.52 bits per heavy atom. The molecule has 0 aliphatic rings. The minimum absolute atomic E-state index is 0.00302. The van der Waals surface area contributed by atoms with Crippen LogP contribution in [0.3, 0.4) is 0 Å². The maximum absolute atomic E-state index is 12.2. The van der Waals surface area contributed by atoms with Crippen LogP contribution in [-0.2, 0) is 16.4 Å². The number of aryl methyl sites for hydroxylation is 1. The van der Waals surface area contributed by atoms with Gasteiger partial charge in [-0.1, -0.05) is 18.2 Å². The second-order valence-corrected chi connectivity index (χ2v) is 6.31. The zero-order chi connectivity index (χ0) is 15.3. The fourth-order valence-electron chi connectivity index (χ4n) is 1.94. The number of aliphatic hydroxyl groups excluding tert-OH is 1. The summed E-state index contributed by atoms with van der Waals surface area (Å²) in [5.74, 6) is -0.102. The van der Waals surface area contributed by atoms with E-state index in [0.29, 0.717) is 18.5 Å². The molecule has 0 fully saturated rings. The lowest BCUT2D eigenvalue weighted by atomic mass is 10.1. The van der Waals surface area contributed by atoms with E-state index in [-0.39, 0.29) is 17.3 Å². The van der Waals surface area contributed by atoms with Gasteiger partial charge >= 0.3 is 0 Å². The van der Waals surface area contributed by atoms with Crippen LogP contribution in [0.1, 0.15) is 12.0 Å². The van der Waals surface area contributed by atoms with Crippen LogP contribution in [-0.4, -0.2) is 25.2 Å². The molecule has 112 valence electrons. The van der Waals surface area contributed by atoms with Gasteiger partial charge in [0.2, 0.25) is 0 Å². The molecular formula is C15H17NO4S. The molecule has 0 bridgehead atoms. The molecule has 0 heterocycles. The van der Waals surface area contributed by atoms with Crippen LogP contribution in [0.4, 0.5) is 5.69 Å². The van der Waals surface area contributed by atoms with Gasteiger partial charge in [-0.25, -0.2) is 8.42 Å². The summed E-state index contributed by atoms with van der Waals surface area (Å²) in [6.07, 6.45) is 1.31. The minimum atomic E-state index is -3.73. The number of hydrogen-bond donors (Lipinski definition) is 3. The number of nitrogens with one attached hydrogen (secondary N) is 1. The summed E-state index contributed by atoms with van der Waals surface area (Å²) in [7, 11) is -3.73. The molecule has 0 radical (unpaired) electrons. The first-order valence-corrected chi connectivity index (χ1v) is 8.01. The Balaban J connectivity index is 2.20. The number of aromatic hydroxyl groups is 1. The number of rotatable bonds is 6. The van der Waals surface area contributed by atoms with Gasteiger partial charge in [-0.05, 0) is 42.7 Å². The molecular weight excluding hydrogens is 290 g/mol. The molecule has 21 heavy (non-hydrogen) atoms. The molecule has 2 aromatic carbocycles. The third-order valence-corrected chi connectivity index (χ3v) is 4.31. The zero-order valence-electron chi connectivity index (χ0n) is 11.4. The van der Waals surface area contributed by atoms with E-state index in [1.807, 2.05) is 6.07 Å². The first kappa shape index (κ1) is 15.3. The van der Waals surface area contributed by atoms with Crippen molar-refractivity contribution in [3.05, 3.63) is 54.1 Å². The van der Waals surface area contributed by atoms with Gasteiger partial charge in [0.25, 0.3) is 10.0 Å². The molecule has 0 aliphatic heterocycles. The van der Waals surface area contributed by atoms with E-state index < -0.39 is 10.0 Å². The van der Waals surface area contributed by atoms with Crippen LogP contribution in [0.2, 0.25) is 0 Å². The quantitative estimate of drug-likeness (QED) is 0.763. The normalized spacial score (nSPS) is 11.3. The lowest BCUT2D eigenvalue weighted by molar-refractivity contribution is 0.288. The van der Waals surface area contributed by atoms with E-state index in [1.54, 1.807) is 18.2 Å². The Morgan fingerprint density at radius 1 is 1.05 bits per heavy atom. The summed E-state index contributed by atoms with van der Waals surface area (Å²) in [6.45, 7) is 0.0965. The molecule has 0 saturated carbocycles. The van der Waals surface area contributed by atoms with Crippen LogP contribution < -0.4 is 4.72 Å². The Hall–Kier alpha value is -2.05. The lowest BCUT2D eigenvalue weighted by Gasteiger charge is -2.09. The summed E-state index contributed by atoms with van der Waals surface area (Å²) in [5, 5.41) is 18.2. The summed E-state index contributed by atoms with van der Waals surface area (Å²) >= 11 is 0. The number of hydrogen-bond acceptors (Lipinski definition) is 4. The van der Waals surface area contributed by atoms with E-state index in [9.17, 15) is 13.5 Å². The largest absolute Gasteiger partial charge is 0.508 e. The molecule has 3 N–H and O–H groups in total. The molecule has 6 heteroatoms. The average molecular weight is 307 g/mol. The summed E-state index contributed by atoms with van der Waals surface area (Å²) < 4.78 is 26.9. The predicted molar refractivity (Wildman–Crippen MR) is 80.8 cm³/mol. The highest BCUT2D eigenvalue weighted by Gasteiger charge is 2.14. The molecule has 2 rings (SSSR count). The monoisotopic (exact) mass is 307 g/mol. The number of benzene rings is 2. The van der Waals surface area contributed by atoms with E-state index in [0.717, 1.165) is 5.56 Å². The molecule has 0 saturated heterocycles. The van der Waals surface area contributed by atoms with Gasteiger partial charge in [0.1, 0.15) is 5.75 Å². The van der Waals surface area contributed by atoms with Gasteiger partial charge in [0.15, 0.2) is 0 Å². The van der Waals surface area contributed by atoms with Gasteiger partial charge in [-0.2, -0.15) is 0 Å². The van der Waals surface area contributed by atoms with Crippen LogP contribution >= 0.6 is 0 Å². The molecule has 0 spiro atoms. The standard InChI is InChI=1S/C15H17NO4S/c17-9-3-5-12-4-1-6-13(10-12)16-21(19,20)15-8-2-7-14(18)11-15/h1-2,4,6-8,10-11,16-18H,3,5,9H2. The van der Waals surface area contributed by atoms with Crippen LogP contribution in [0.15, 0.2) is 53.4 Å². The van der Waals surface area contributed by atoms with Crippen molar-refractivity contribution in [3.8, 4) is 5.75 Å². The smallest absolute Gasteiger partial charge is 0.262 e. The number of anilines is 1. The van der Waals surface area contributed by atoms with Gasteiger partial charge < -0.3 is 10.2 Å². The van der Waals surface area contributed by atoms with E-state index in [4.69, 9.17) is 5.11 Å². The minimum Gasteiger partial charge on any atom is -0.508 e. The highest BCUT2D eigenvalue weighted by Crippen LogP contribution is 2.20. The van der Waals surface area contributed by atoms with Gasteiger partial charge in [-0.15, -0.1) is 0 Å². The van der Waals surface area contributed by atoms with E-state index in [1.165, 1.54) is 24.3 Å². The van der Waals surface area contributed by atoms with Crippen molar-refractivity contribution in [2.45, 2.75) is 17.7 Å². The van der Waals surface area contributed by atoms with Crippen molar-refractivity contribution in [2.75, 3.05) is 11.3 Å². The number of phenolic OH excluding ortho intramolecular Hbond substituents is 1. The summed E-state index contributed by atoms with van der Waals surface area (Å²) in [4.78, 5) is 0.00302. The van der Waals surface area contributed by atoms with Crippen molar-refractivity contribution in [3.63, 3.8) is 0 Å². The molecule has 0 unspecified atom stereocenters. The van der Waals surface area contributed by atoms with E-state index in [2.05, 4.69) is 4.72 Å². The molecule has 0 aromatic heterocycles. The van der Waals surface area contributed by atoms with Crippen molar-refractivity contribution < 1.29 is 18.6 Å². The Bertz CT molecular complexity index is 713. The number of sulfonamides is 1. The molecule has 2 aromatic rings. The van der Waals surface area contributed by atoms with Gasteiger partial charge in [0, 0.05) is 18.4 Å². The number of phenols is 1. The molecule has 5 nitrogen and oxygen atoms in total. The van der Waals surface area contributed by atoms with Gasteiger partial charge in [0.05, 0.1) is 4.90 Å². The highest BCUT2D eigenvalue weighted by molar-refractivity contribution is 7.92. The first-order valence-electron chi connectivity index (χ1n) is 6.53. The summed E-state index contributed by atoms with van der Waals surface area (Å²) in [6, 6.07) is 12.5. The molecule has 0 aliphatic carbocycles. The van der Waals surface area contributed by atoms with Crippen LogP contribution in [0, 0.1) is 0 Å².